The molecule has 0 aromatic carbocycles. The fraction of sp³-hybridized carbons (Fsp3) is 0.769. The Morgan fingerprint density at radius 3 is 2.48 bits per heavy atom. The third-order valence-corrected chi connectivity index (χ3v) is 8.74. The lowest BCUT2D eigenvalue weighted by Gasteiger charge is -2.46. The Bertz CT molecular complexity index is 632. The van der Waals surface area contributed by atoms with E-state index in [-0.39, 0.29) is 0 Å². The molecule has 3 heteroatoms. The van der Waals surface area contributed by atoms with Crippen LogP contribution in [0.25, 0.3) is 0 Å². The summed E-state index contributed by atoms with van der Waals surface area (Å²) in [5.74, 6) is 2.67. The van der Waals surface area contributed by atoms with E-state index in [9.17, 15) is 15.3 Å². The van der Waals surface area contributed by atoms with Gasteiger partial charge in [0.15, 0.2) is 0 Å². The van der Waals surface area contributed by atoms with Crippen LogP contribution in [-0.2, 0) is 0 Å². The molecule has 0 aliphatic heterocycles. The highest BCUT2D eigenvalue weighted by atomic mass is 16.3. The first-order chi connectivity index (χ1) is 13.8. The summed E-state index contributed by atoms with van der Waals surface area (Å²) in [6.45, 7) is 11.3. The largest absolute Gasteiger partial charge is 0.396 e. The fourth-order valence-electron chi connectivity index (χ4n) is 6.90. The van der Waals surface area contributed by atoms with Gasteiger partial charge >= 0.3 is 0 Å². The maximum atomic E-state index is 10.1. The van der Waals surface area contributed by atoms with E-state index < -0.39 is 12.2 Å². The number of allylic oxidation sites excluding steroid dienone is 3. The molecule has 7 atom stereocenters. The number of fused-ring (bicyclic) bond motifs is 1. The minimum atomic E-state index is -0.616. The maximum absolute atomic E-state index is 10.1. The molecule has 3 fully saturated rings. The van der Waals surface area contributed by atoms with Crippen LogP contribution < -0.4 is 0 Å². The molecular weight excluding hydrogens is 360 g/mol. The summed E-state index contributed by atoms with van der Waals surface area (Å²) in [7, 11) is 0. The van der Waals surface area contributed by atoms with E-state index in [0.717, 1.165) is 24.3 Å². The van der Waals surface area contributed by atoms with Gasteiger partial charge in [0.2, 0.25) is 0 Å². The number of hydrogen-bond acceptors (Lipinski definition) is 3. The van der Waals surface area contributed by atoms with E-state index >= 15 is 0 Å². The Labute approximate surface area is 177 Å². The molecule has 0 aromatic heterocycles. The smallest absolute Gasteiger partial charge is 0.0809 e. The van der Waals surface area contributed by atoms with Crippen molar-refractivity contribution >= 4 is 0 Å². The minimum absolute atomic E-state index is 0.304. The summed E-state index contributed by atoms with van der Waals surface area (Å²) in [5.41, 5.74) is 3.63. The summed E-state index contributed by atoms with van der Waals surface area (Å²) in [4.78, 5) is 0. The van der Waals surface area contributed by atoms with Crippen molar-refractivity contribution in [2.24, 2.45) is 29.1 Å². The van der Waals surface area contributed by atoms with Gasteiger partial charge in [-0.25, -0.2) is 0 Å². The van der Waals surface area contributed by atoms with Crippen LogP contribution in [0.4, 0.5) is 0 Å². The van der Waals surface area contributed by atoms with Crippen molar-refractivity contribution in [3.8, 4) is 0 Å². The zero-order valence-electron chi connectivity index (χ0n) is 18.7. The zero-order chi connectivity index (χ0) is 21.2. The van der Waals surface area contributed by atoms with Crippen LogP contribution in [0.1, 0.15) is 78.6 Å². The van der Waals surface area contributed by atoms with E-state index in [1.807, 2.05) is 0 Å². The molecule has 29 heavy (non-hydrogen) atoms. The molecule has 0 spiro atoms. The van der Waals surface area contributed by atoms with Gasteiger partial charge < -0.3 is 15.3 Å². The second kappa shape index (κ2) is 9.49. The molecular formula is C26H42O3. The van der Waals surface area contributed by atoms with Gasteiger partial charge in [-0.1, -0.05) is 57.1 Å². The standard InChI is InChI=1S/C26H42O3/c1-5-20(12-14-27)17(2)22-10-11-23-21(7-6-13-26(22,23)4)9-8-19-15-24(28)18(3)25(29)16-19/h8-9,17,20,22-25,27-29H,3,5-7,10-16H2,1-2,4H3/b21-9+/t17-,20-,22-,23+,24-,25-,26-/m1/s1. The van der Waals surface area contributed by atoms with Gasteiger partial charge in [-0.2, -0.15) is 0 Å². The molecule has 0 saturated heterocycles. The van der Waals surface area contributed by atoms with Crippen molar-refractivity contribution in [1.29, 1.82) is 0 Å². The third-order valence-electron chi connectivity index (χ3n) is 8.74. The first-order valence-electron chi connectivity index (χ1n) is 11.9. The van der Waals surface area contributed by atoms with Crippen LogP contribution in [0.2, 0.25) is 0 Å². The van der Waals surface area contributed by atoms with Crippen LogP contribution in [0.3, 0.4) is 0 Å². The molecule has 3 nitrogen and oxygen atoms in total. The Balaban J connectivity index is 1.76. The van der Waals surface area contributed by atoms with Crippen molar-refractivity contribution in [2.75, 3.05) is 6.61 Å². The molecule has 3 N–H and O–H groups in total. The first kappa shape index (κ1) is 22.8. The average molecular weight is 403 g/mol. The van der Waals surface area contributed by atoms with Gasteiger partial charge in [0.05, 0.1) is 12.2 Å². The molecule has 0 radical (unpaired) electrons. The van der Waals surface area contributed by atoms with Gasteiger partial charge in [0.1, 0.15) is 0 Å². The van der Waals surface area contributed by atoms with Crippen LogP contribution in [-0.4, -0.2) is 34.1 Å². The monoisotopic (exact) mass is 402 g/mol. The summed E-state index contributed by atoms with van der Waals surface area (Å²) >= 11 is 0. The second-order valence-corrected chi connectivity index (χ2v) is 10.2. The molecule has 3 rings (SSSR count). The highest BCUT2D eigenvalue weighted by Gasteiger charge is 2.51. The topological polar surface area (TPSA) is 60.7 Å². The predicted molar refractivity (Wildman–Crippen MR) is 119 cm³/mol. The molecule has 3 aliphatic carbocycles. The van der Waals surface area contributed by atoms with Crippen LogP contribution >= 0.6 is 0 Å². The van der Waals surface area contributed by atoms with Crippen molar-refractivity contribution in [1.82, 2.24) is 0 Å². The summed E-state index contributed by atoms with van der Waals surface area (Å²) in [6, 6.07) is 0. The quantitative estimate of drug-likeness (QED) is 0.537. The van der Waals surface area contributed by atoms with Gasteiger partial charge in [0.25, 0.3) is 0 Å². The maximum Gasteiger partial charge on any atom is 0.0809 e. The summed E-state index contributed by atoms with van der Waals surface area (Å²) in [5, 5.41) is 29.7. The summed E-state index contributed by atoms with van der Waals surface area (Å²) in [6.07, 6.45) is 12.9. The Kier molecular flexibility index (Phi) is 7.46. The second-order valence-electron chi connectivity index (χ2n) is 10.2. The molecule has 0 unspecified atom stereocenters. The number of aliphatic hydroxyl groups is 3. The summed E-state index contributed by atoms with van der Waals surface area (Å²) < 4.78 is 0. The Hall–Kier alpha value is -0.900. The Morgan fingerprint density at radius 1 is 1.17 bits per heavy atom. The lowest BCUT2D eigenvalue weighted by molar-refractivity contribution is 0.0636. The number of rotatable bonds is 6. The fourth-order valence-corrected chi connectivity index (χ4v) is 6.90. The van der Waals surface area contributed by atoms with E-state index in [0.29, 0.717) is 48.2 Å². The van der Waals surface area contributed by atoms with Crippen LogP contribution in [0.5, 0.6) is 0 Å². The van der Waals surface area contributed by atoms with E-state index in [1.165, 1.54) is 32.1 Å². The van der Waals surface area contributed by atoms with Gasteiger partial charge in [-0.3, -0.25) is 0 Å². The first-order valence-corrected chi connectivity index (χ1v) is 11.9. The van der Waals surface area contributed by atoms with Crippen LogP contribution in [0.15, 0.2) is 35.5 Å². The van der Waals surface area contributed by atoms with Gasteiger partial charge in [-0.15, -0.1) is 0 Å². The normalized spacial score (nSPS) is 38.8. The van der Waals surface area contributed by atoms with Crippen molar-refractivity contribution in [2.45, 2.75) is 90.8 Å². The molecule has 0 bridgehead atoms. The van der Waals surface area contributed by atoms with Crippen molar-refractivity contribution in [3.05, 3.63) is 35.5 Å². The molecule has 0 heterocycles. The Morgan fingerprint density at radius 2 is 1.86 bits per heavy atom. The van der Waals surface area contributed by atoms with E-state index in [4.69, 9.17) is 0 Å². The van der Waals surface area contributed by atoms with Crippen molar-refractivity contribution in [3.63, 3.8) is 0 Å². The highest BCUT2D eigenvalue weighted by molar-refractivity contribution is 5.29. The lowest BCUT2D eigenvalue weighted by Crippen LogP contribution is -2.38. The molecule has 3 aliphatic rings. The predicted octanol–water partition coefficient (Wildman–Crippen LogP) is 5.17. The van der Waals surface area contributed by atoms with Crippen molar-refractivity contribution < 1.29 is 15.3 Å². The average Bonchev–Trinajstić information content (AvgIpc) is 3.05. The molecule has 3 saturated carbocycles. The molecule has 0 aromatic rings. The highest BCUT2D eigenvalue weighted by Crippen LogP contribution is 2.60. The third kappa shape index (κ3) is 4.57. The molecule has 0 amide bonds. The van der Waals surface area contributed by atoms with E-state index in [2.05, 4.69) is 39.5 Å². The molecule has 164 valence electrons. The van der Waals surface area contributed by atoms with E-state index in [1.54, 1.807) is 5.57 Å². The SMILES string of the molecule is C=C1[C@H](O)CC(=C/C=C2\CCC[C@]3(C)[C@@H]([C@H](C)[C@H](CC)CCO)CC[C@@H]23)C[C@H]1O. The number of aliphatic hydroxyl groups excluding tert-OH is 3. The minimum Gasteiger partial charge on any atom is -0.396 e. The zero-order valence-corrected chi connectivity index (χ0v) is 18.7. The van der Waals surface area contributed by atoms with Gasteiger partial charge in [-0.05, 0) is 86.0 Å². The lowest BCUT2D eigenvalue weighted by atomic mass is 9.59. The number of hydrogen-bond donors (Lipinski definition) is 3. The van der Waals surface area contributed by atoms with Crippen LogP contribution in [0, 0.1) is 29.1 Å². The van der Waals surface area contributed by atoms with Gasteiger partial charge in [0, 0.05) is 6.61 Å².